The van der Waals surface area contributed by atoms with Crippen LogP contribution >= 0.6 is 0 Å². The molecule has 0 aromatic carbocycles. The summed E-state index contributed by atoms with van der Waals surface area (Å²) in [5, 5.41) is 1.98. The number of allylic oxidation sites excluding steroid dienone is 5. The Bertz CT molecular complexity index is 611. The van der Waals surface area contributed by atoms with Gasteiger partial charge in [-0.1, -0.05) is 69.4 Å². The molecule has 1 heterocycles. The average molecular weight is 331 g/mol. The molecule has 1 saturated heterocycles. The first kappa shape index (κ1) is 16.8. The zero-order valence-corrected chi connectivity index (χ0v) is 16.3. The van der Waals surface area contributed by atoms with Crippen molar-refractivity contribution in [2.75, 3.05) is 0 Å². The lowest BCUT2D eigenvalue weighted by molar-refractivity contribution is -0.149. The highest BCUT2D eigenvalue weighted by Gasteiger charge is 2.66. The second-order valence-corrected chi connectivity index (χ2v) is 13.4. The molecule has 1 aliphatic heterocycles. The van der Waals surface area contributed by atoms with Crippen LogP contribution in [-0.4, -0.2) is 20.1 Å². The fourth-order valence-electron chi connectivity index (χ4n) is 5.71. The Morgan fingerprint density at radius 3 is 2.57 bits per heavy atom. The smallest absolute Gasteiger partial charge is 0.302 e. The minimum atomic E-state index is -1.62. The highest BCUT2D eigenvalue weighted by atomic mass is 28.3. The first-order valence-electron chi connectivity index (χ1n) is 8.87. The Balaban J connectivity index is 2.07. The first-order chi connectivity index (χ1) is 10.6. The predicted molar refractivity (Wildman–Crippen MR) is 97.8 cm³/mol. The second-order valence-electron chi connectivity index (χ2n) is 8.73. The zero-order chi connectivity index (χ0) is 17.0. The van der Waals surface area contributed by atoms with Crippen LogP contribution in [0.15, 0.2) is 35.6 Å². The van der Waals surface area contributed by atoms with E-state index in [0.717, 1.165) is 12.8 Å². The summed E-state index contributed by atoms with van der Waals surface area (Å²) in [6, 6.07) is 0. The minimum absolute atomic E-state index is 0.0311. The van der Waals surface area contributed by atoms with Crippen LogP contribution in [-0.2, 0) is 9.53 Å². The van der Waals surface area contributed by atoms with Crippen LogP contribution < -0.4 is 0 Å². The van der Waals surface area contributed by atoms with Crippen molar-refractivity contribution in [3.63, 3.8) is 0 Å². The number of hydrogen-bond donors (Lipinski definition) is 0. The lowest BCUT2D eigenvalue weighted by atomic mass is 9.63. The molecule has 0 N–H and O–H groups in total. The Labute approximate surface area is 141 Å². The monoisotopic (exact) mass is 330 g/mol. The summed E-state index contributed by atoms with van der Waals surface area (Å²) >= 11 is 0. The highest BCUT2D eigenvalue weighted by molar-refractivity contribution is 6.88. The molecular weight excluding hydrogens is 300 g/mol. The number of esters is 1. The summed E-state index contributed by atoms with van der Waals surface area (Å²) in [4.78, 5) is 11.5. The van der Waals surface area contributed by atoms with Gasteiger partial charge in [-0.2, -0.15) is 0 Å². The Morgan fingerprint density at radius 2 is 2.00 bits per heavy atom. The predicted octanol–water partition coefficient (Wildman–Crippen LogP) is 5.04. The molecule has 1 spiro atoms. The maximum Gasteiger partial charge on any atom is 0.302 e. The van der Waals surface area contributed by atoms with Crippen molar-refractivity contribution >= 4 is 14.0 Å². The minimum Gasteiger partial charge on any atom is -0.462 e. The van der Waals surface area contributed by atoms with E-state index in [0.29, 0.717) is 11.8 Å². The van der Waals surface area contributed by atoms with Crippen LogP contribution in [0.25, 0.3) is 0 Å². The number of carbonyl (C=O) groups is 1. The number of rotatable bonds is 1. The van der Waals surface area contributed by atoms with E-state index < -0.39 is 8.07 Å². The third kappa shape index (κ3) is 2.15. The van der Waals surface area contributed by atoms with Gasteiger partial charge in [-0.3, -0.25) is 4.79 Å². The molecule has 4 atom stereocenters. The van der Waals surface area contributed by atoms with E-state index >= 15 is 0 Å². The largest absolute Gasteiger partial charge is 0.462 e. The van der Waals surface area contributed by atoms with E-state index in [1.807, 2.05) is 0 Å². The average Bonchev–Trinajstić information content (AvgIpc) is 2.58. The van der Waals surface area contributed by atoms with Crippen LogP contribution in [0.3, 0.4) is 0 Å². The highest BCUT2D eigenvalue weighted by Crippen LogP contribution is 2.72. The van der Waals surface area contributed by atoms with E-state index in [9.17, 15) is 4.79 Å². The van der Waals surface area contributed by atoms with Crippen molar-refractivity contribution in [2.45, 2.75) is 64.8 Å². The first-order valence-corrected chi connectivity index (χ1v) is 11.9. The van der Waals surface area contributed by atoms with Crippen LogP contribution in [0.5, 0.6) is 0 Å². The van der Waals surface area contributed by atoms with Crippen molar-refractivity contribution in [1.82, 2.24) is 0 Å². The van der Waals surface area contributed by atoms with Gasteiger partial charge >= 0.3 is 5.97 Å². The van der Waals surface area contributed by atoms with Gasteiger partial charge in [0.15, 0.2) is 0 Å². The molecule has 0 aromatic rings. The topological polar surface area (TPSA) is 26.3 Å². The number of carbonyl (C=O) groups excluding carboxylic acids is 1. The second kappa shape index (κ2) is 5.20. The molecule has 0 radical (unpaired) electrons. The van der Waals surface area contributed by atoms with Gasteiger partial charge in [0, 0.05) is 12.8 Å². The molecule has 2 nitrogen and oxygen atoms in total. The molecule has 126 valence electrons. The molecule has 0 bridgehead atoms. The third-order valence-corrected chi connectivity index (χ3v) is 12.3. The summed E-state index contributed by atoms with van der Waals surface area (Å²) in [7, 11) is -1.62. The summed E-state index contributed by atoms with van der Waals surface area (Å²) in [5.41, 5.74) is 0.203. The number of hydrogen-bond acceptors (Lipinski definition) is 2. The quantitative estimate of drug-likeness (QED) is 0.497. The van der Waals surface area contributed by atoms with Crippen molar-refractivity contribution in [2.24, 2.45) is 17.3 Å². The summed E-state index contributed by atoms with van der Waals surface area (Å²) in [5.74, 6) is 0.702. The van der Waals surface area contributed by atoms with Crippen molar-refractivity contribution < 1.29 is 9.53 Å². The van der Waals surface area contributed by atoms with Gasteiger partial charge in [-0.25, -0.2) is 0 Å². The van der Waals surface area contributed by atoms with Gasteiger partial charge in [0.1, 0.15) is 6.10 Å². The molecule has 1 fully saturated rings. The Kier molecular flexibility index (Phi) is 3.79. The van der Waals surface area contributed by atoms with Crippen LogP contribution in [0.4, 0.5) is 0 Å². The van der Waals surface area contributed by atoms with Crippen LogP contribution in [0.1, 0.15) is 40.5 Å². The molecule has 0 amide bonds. The van der Waals surface area contributed by atoms with Gasteiger partial charge in [-0.05, 0) is 29.2 Å². The van der Waals surface area contributed by atoms with Gasteiger partial charge in [0.2, 0.25) is 0 Å². The summed E-state index contributed by atoms with van der Waals surface area (Å²) < 4.78 is 5.65. The molecule has 2 aliphatic carbocycles. The van der Waals surface area contributed by atoms with E-state index in [1.54, 1.807) is 5.20 Å². The van der Waals surface area contributed by atoms with E-state index in [2.05, 4.69) is 64.2 Å². The fourth-order valence-corrected chi connectivity index (χ4v) is 11.2. The van der Waals surface area contributed by atoms with Gasteiger partial charge in [-0.15, -0.1) is 0 Å². The lowest BCUT2D eigenvalue weighted by Crippen LogP contribution is -2.44. The SMILES string of the molecule is CC(=O)O[C@H]1CC2C(=C[C@H]1C)[Si](C)(C)C1(C=CC=CC1)C2(C)C. The Hall–Kier alpha value is -1.09. The van der Waals surface area contributed by atoms with Gasteiger partial charge in [0.05, 0.1) is 8.07 Å². The van der Waals surface area contributed by atoms with Crippen molar-refractivity contribution in [3.8, 4) is 0 Å². The molecule has 2 unspecified atom stereocenters. The molecule has 3 aliphatic rings. The normalized spacial score (nSPS) is 39.9. The van der Waals surface area contributed by atoms with Crippen molar-refractivity contribution in [3.05, 3.63) is 35.6 Å². The fraction of sp³-hybridized carbons (Fsp3) is 0.650. The lowest BCUT2D eigenvalue weighted by Gasteiger charge is -2.48. The number of ether oxygens (including phenoxy) is 1. The van der Waals surface area contributed by atoms with E-state index in [1.165, 1.54) is 6.92 Å². The maximum absolute atomic E-state index is 11.5. The van der Waals surface area contributed by atoms with Gasteiger partial charge < -0.3 is 4.74 Å². The molecular formula is C20H30O2Si. The third-order valence-electron chi connectivity index (χ3n) is 7.12. The van der Waals surface area contributed by atoms with Crippen LogP contribution in [0, 0.1) is 17.3 Å². The summed E-state index contributed by atoms with van der Waals surface area (Å²) in [6.45, 7) is 13.7. The van der Waals surface area contributed by atoms with E-state index in [-0.39, 0.29) is 22.5 Å². The molecule has 23 heavy (non-hydrogen) atoms. The van der Waals surface area contributed by atoms with Crippen molar-refractivity contribution in [1.29, 1.82) is 0 Å². The standard InChI is InChI=1S/C20H30O2Si/c1-14-12-18-16(13-17(14)22-15(2)21)19(3,4)20(23(18,5)6)10-8-7-9-11-20/h7-10,12,14,16-17H,11,13H2,1-6H3/t14-,16?,17+,20?/m1/s1. The molecule has 3 heteroatoms. The molecule has 0 aromatic heterocycles. The van der Waals surface area contributed by atoms with Crippen LogP contribution in [0.2, 0.25) is 18.1 Å². The zero-order valence-electron chi connectivity index (χ0n) is 15.3. The number of fused-ring (bicyclic) bond motifs is 1. The Morgan fingerprint density at radius 1 is 1.30 bits per heavy atom. The maximum atomic E-state index is 11.5. The molecule has 3 rings (SSSR count). The molecule has 0 saturated carbocycles. The summed E-state index contributed by atoms with van der Waals surface area (Å²) in [6.07, 6.45) is 13.9. The van der Waals surface area contributed by atoms with Gasteiger partial charge in [0.25, 0.3) is 0 Å². The van der Waals surface area contributed by atoms with E-state index in [4.69, 9.17) is 4.74 Å².